The van der Waals surface area contributed by atoms with Gasteiger partial charge in [-0.1, -0.05) is 30.3 Å². The van der Waals surface area contributed by atoms with Gasteiger partial charge < -0.3 is 19.9 Å². The van der Waals surface area contributed by atoms with Gasteiger partial charge in [-0.25, -0.2) is 0 Å². The molecule has 1 heterocycles. The summed E-state index contributed by atoms with van der Waals surface area (Å²) in [5.41, 5.74) is 10.3. The quantitative estimate of drug-likeness (QED) is 0.299. The van der Waals surface area contributed by atoms with E-state index in [9.17, 15) is 0 Å². The number of nitrogens with zero attached hydrogens (tertiary/aromatic N) is 3. The van der Waals surface area contributed by atoms with Crippen molar-refractivity contribution in [1.29, 1.82) is 0 Å². The third-order valence-corrected chi connectivity index (χ3v) is 6.57. The van der Waals surface area contributed by atoms with Crippen LogP contribution in [-0.4, -0.2) is 55.6 Å². The van der Waals surface area contributed by atoms with Crippen molar-refractivity contribution in [3.05, 3.63) is 77.0 Å². The van der Waals surface area contributed by atoms with Crippen LogP contribution in [-0.2, 0) is 4.74 Å². The summed E-state index contributed by atoms with van der Waals surface area (Å²) in [6, 6.07) is 18.7. The fraction of sp³-hybridized carbons (Fsp3) is 0.357. The van der Waals surface area contributed by atoms with Gasteiger partial charge >= 0.3 is 0 Å². The zero-order chi connectivity index (χ0) is 24.5. The van der Waals surface area contributed by atoms with Crippen LogP contribution in [0, 0.1) is 0 Å². The summed E-state index contributed by atoms with van der Waals surface area (Å²) in [4.78, 5) is 4.80. The molecular formula is C28H35N5OS. The molecule has 0 amide bonds. The zero-order valence-corrected chi connectivity index (χ0v) is 21.5. The average Bonchev–Trinajstić information content (AvgIpc) is 3.29. The second-order valence-electron chi connectivity index (χ2n) is 8.60. The second-order valence-corrected chi connectivity index (χ2v) is 9.01. The van der Waals surface area contributed by atoms with Crippen LogP contribution < -0.4 is 15.6 Å². The zero-order valence-electron chi connectivity index (χ0n) is 20.7. The van der Waals surface area contributed by atoms with Gasteiger partial charge in [0.05, 0.1) is 19.4 Å². The number of allylic oxidation sites excluding steroid dienone is 2. The molecule has 0 bridgehead atoms. The Labute approximate surface area is 214 Å². The van der Waals surface area contributed by atoms with Crippen LogP contribution in [0.3, 0.4) is 0 Å². The largest absolute Gasteiger partial charge is 0.378 e. The SMILES string of the molecule is CCN(CC)c1ccc(C=C2CCC(C=NNC(=S)Nc3ccccc3)=C2N2CCOCC2)cc1. The predicted octanol–water partition coefficient (Wildman–Crippen LogP) is 5.27. The molecule has 2 aromatic carbocycles. The van der Waals surface area contributed by atoms with E-state index in [1.54, 1.807) is 0 Å². The highest BCUT2D eigenvalue weighted by Gasteiger charge is 2.25. The van der Waals surface area contributed by atoms with Gasteiger partial charge in [0, 0.05) is 43.3 Å². The molecule has 0 unspecified atom stereocenters. The minimum Gasteiger partial charge on any atom is -0.378 e. The summed E-state index contributed by atoms with van der Waals surface area (Å²) in [6.45, 7) is 9.72. The molecule has 6 nitrogen and oxygen atoms in total. The number of benzene rings is 2. The summed E-state index contributed by atoms with van der Waals surface area (Å²) in [7, 11) is 0. The van der Waals surface area contributed by atoms with Crippen molar-refractivity contribution < 1.29 is 4.74 Å². The molecule has 1 saturated heterocycles. The van der Waals surface area contributed by atoms with Gasteiger partial charge in [0.25, 0.3) is 0 Å². The maximum atomic E-state index is 5.61. The number of anilines is 2. The fourth-order valence-electron chi connectivity index (χ4n) is 4.59. The van der Waals surface area contributed by atoms with Crippen molar-refractivity contribution in [2.45, 2.75) is 26.7 Å². The van der Waals surface area contributed by atoms with Crippen LogP contribution in [0.15, 0.2) is 76.5 Å². The molecule has 35 heavy (non-hydrogen) atoms. The second kappa shape index (κ2) is 12.5. The third kappa shape index (κ3) is 6.71. The Balaban J connectivity index is 1.51. The smallest absolute Gasteiger partial charge is 0.191 e. The van der Waals surface area contributed by atoms with E-state index in [2.05, 4.69) is 69.8 Å². The minimum atomic E-state index is 0.475. The predicted molar refractivity (Wildman–Crippen MR) is 151 cm³/mol. The first-order chi connectivity index (χ1) is 17.2. The Bertz CT molecular complexity index is 1070. The van der Waals surface area contributed by atoms with Gasteiger partial charge in [0.1, 0.15) is 0 Å². The summed E-state index contributed by atoms with van der Waals surface area (Å²) in [6.07, 6.45) is 6.21. The number of thiocarbonyl (C=S) groups is 1. The maximum absolute atomic E-state index is 5.61. The summed E-state index contributed by atoms with van der Waals surface area (Å²) in [5, 5.41) is 8.09. The number of nitrogens with one attached hydrogen (secondary N) is 2. The monoisotopic (exact) mass is 489 g/mol. The lowest BCUT2D eigenvalue weighted by Crippen LogP contribution is -2.36. The molecule has 1 aliphatic carbocycles. The van der Waals surface area contributed by atoms with Crippen molar-refractivity contribution in [2.75, 3.05) is 49.6 Å². The van der Waals surface area contributed by atoms with Crippen molar-refractivity contribution in [3.63, 3.8) is 0 Å². The number of hydrazone groups is 1. The lowest BCUT2D eigenvalue weighted by atomic mass is 10.1. The first-order valence-electron chi connectivity index (χ1n) is 12.4. The molecular weight excluding hydrogens is 454 g/mol. The highest BCUT2D eigenvalue weighted by atomic mass is 32.1. The molecule has 4 rings (SSSR count). The van der Waals surface area contributed by atoms with Gasteiger partial charge in [0.15, 0.2) is 5.11 Å². The van der Waals surface area contributed by atoms with Crippen LogP contribution >= 0.6 is 12.2 Å². The Morgan fingerprint density at radius 1 is 1.03 bits per heavy atom. The normalized spacial score (nSPS) is 17.3. The van der Waals surface area contributed by atoms with Gasteiger partial charge in [-0.2, -0.15) is 5.10 Å². The Kier molecular flexibility index (Phi) is 8.92. The molecule has 1 aliphatic heterocycles. The highest BCUT2D eigenvalue weighted by molar-refractivity contribution is 7.80. The van der Waals surface area contributed by atoms with E-state index in [4.69, 9.17) is 17.0 Å². The van der Waals surface area contributed by atoms with Crippen molar-refractivity contribution in [2.24, 2.45) is 5.10 Å². The van der Waals surface area contributed by atoms with Gasteiger partial charge in [-0.15, -0.1) is 0 Å². The van der Waals surface area contributed by atoms with Crippen molar-refractivity contribution >= 4 is 41.0 Å². The molecule has 0 aromatic heterocycles. The van der Waals surface area contributed by atoms with Crippen LogP contribution in [0.2, 0.25) is 0 Å². The molecule has 0 saturated carbocycles. The van der Waals surface area contributed by atoms with Crippen molar-refractivity contribution in [1.82, 2.24) is 10.3 Å². The van der Waals surface area contributed by atoms with E-state index in [1.165, 1.54) is 28.1 Å². The summed E-state index contributed by atoms with van der Waals surface area (Å²) >= 11 is 5.39. The van der Waals surface area contributed by atoms with Crippen LogP contribution in [0.4, 0.5) is 11.4 Å². The van der Waals surface area contributed by atoms with Crippen LogP contribution in [0.5, 0.6) is 0 Å². The molecule has 2 aromatic rings. The molecule has 7 heteroatoms. The van der Waals surface area contributed by atoms with E-state index >= 15 is 0 Å². The standard InChI is InChI=1S/C28H35N5OS/c1-3-32(4-2)26-14-10-22(11-15-26)20-23-12-13-24(27(23)33-16-18-34-19-17-33)21-29-31-28(35)30-25-8-6-5-7-9-25/h5-11,14-15,20-21H,3-4,12-13,16-19H2,1-2H3,(H2,30,31,35). The van der Waals surface area contributed by atoms with E-state index in [0.717, 1.165) is 57.9 Å². The molecule has 1 fully saturated rings. The molecule has 0 spiro atoms. The number of rotatable bonds is 8. The molecule has 2 N–H and O–H groups in total. The maximum Gasteiger partial charge on any atom is 0.191 e. The summed E-state index contributed by atoms with van der Waals surface area (Å²) < 4.78 is 5.61. The van der Waals surface area contributed by atoms with E-state index < -0.39 is 0 Å². The first kappa shape index (κ1) is 24.9. The van der Waals surface area contributed by atoms with Crippen LogP contribution in [0.1, 0.15) is 32.3 Å². The van der Waals surface area contributed by atoms with E-state index in [0.29, 0.717) is 5.11 Å². The van der Waals surface area contributed by atoms with Crippen LogP contribution in [0.25, 0.3) is 6.08 Å². The van der Waals surface area contributed by atoms with E-state index in [-0.39, 0.29) is 0 Å². The molecule has 0 atom stereocenters. The Morgan fingerprint density at radius 3 is 2.43 bits per heavy atom. The first-order valence-corrected chi connectivity index (χ1v) is 12.9. The van der Waals surface area contributed by atoms with Gasteiger partial charge in [-0.3, -0.25) is 5.43 Å². The lowest BCUT2D eigenvalue weighted by molar-refractivity contribution is 0.0548. The van der Waals surface area contributed by atoms with Crippen molar-refractivity contribution in [3.8, 4) is 0 Å². The number of para-hydroxylation sites is 1. The minimum absolute atomic E-state index is 0.475. The number of ether oxygens (including phenoxy) is 1. The number of hydrogen-bond donors (Lipinski definition) is 2. The molecule has 184 valence electrons. The molecule has 2 aliphatic rings. The highest BCUT2D eigenvalue weighted by Crippen LogP contribution is 2.35. The Morgan fingerprint density at radius 2 is 1.74 bits per heavy atom. The van der Waals surface area contributed by atoms with Gasteiger partial charge in [0.2, 0.25) is 0 Å². The van der Waals surface area contributed by atoms with Gasteiger partial charge in [-0.05, 0) is 86.0 Å². The number of hydrogen-bond acceptors (Lipinski definition) is 5. The topological polar surface area (TPSA) is 52.1 Å². The summed E-state index contributed by atoms with van der Waals surface area (Å²) in [5.74, 6) is 0. The Hall–Kier alpha value is -3.16. The fourth-order valence-corrected chi connectivity index (χ4v) is 4.76. The molecule has 0 radical (unpaired) electrons. The lowest BCUT2D eigenvalue weighted by Gasteiger charge is -2.31. The third-order valence-electron chi connectivity index (χ3n) is 6.38. The number of morpholine rings is 1. The van der Waals surface area contributed by atoms with E-state index in [1.807, 2.05) is 36.5 Å². The average molecular weight is 490 g/mol.